The molecule has 176 valence electrons. The first-order valence-electron chi connectivity index (χ1n) is 12.2. The molecule has 1 N–H and O–H groups in total. The Morgan fingerprint density at radius 1 is 1.03 bits per heavy atom. The topological polar surface area (TPSA) is 92.8 Å². The van der Waals surface area contributed by atoms with Crippen LogP contribution in [0.15, 0.2) is 18.2 Å². The second-order valence-electron chi connectivity index (χ2n) is 11.0. The van der Waals surface area contributed by atoms with Gasteiger partial charge in [-0.25, -0.2) is 4.79 Å². The second kappa shape index (κ2) is 8.26. The van der Waals surface area contributed by atoms with Crippen molar-refractivity contribution in [2.24, 2.45) is 23.7 Å². The predicted octanol–water partition coefficient (Wildman–Crippen LogP) is 3.57. The van der Waals surface area contributed by atoms with Crippen LogP contribution in [0.5, 0.6) is 0 Å². The zero-order valence-corrected chi connectivity index (χ0v) is 19.4. The molecular weight excluding hydrogens is 420 g/mol. The van der Waals surface area contributed by atoms with Gasteiger partial charge in [0.05, 0.1) is 16.7 Å². The monoisotopic (exact) mass is 452 g/mol. The smallest absolute Gasteiger partial charge is 0.338 e. The summed E-state index contributed by atoms with van der Waals surface area (Å²) in [4.78, 5) is 51.7. The summed E-state index contributed by atoms with van der Waals surface area (Å²) in [6.45, 7) is 4.08. The molecule has 0 aromatic heterocycles. The fraction of sp³-hybridized carbons (Fsp3) is 0.615. The van der Waals surface area contributed by atoms with Crippen molar-refractivity contribution >= 4 is 23.7 Å². The van der Waals surface area contributed by atoms with E-state index in [2.05, 4.69) is 5.32 Å². The van der Waals surface area contributed by atoms with Crippen molar-refractivity contribution in [2.75, 3.05) is 13.2 Å². The average Bonchev–Trinajstić information content (AvgIpc) is 2.98. The molecule has 1 aromatic carbocycles. The Morgan fingerprint density at radius 2 is 1.64 bits per heavy atom. The number of nitrogens with one attached hydrogen (secondary N) is 1. The SMILES string of the molecule is CC(C)CCN1C(=O)c2ccc(C(=O)OCC(=O)NC34CC5CC(CC(C5)C3)C4)cc2C1=O. The molecular formula is C26H32N2O5. The van der Waals surface area contributed by atoms with Crippen LogP contribution in [0.2, 0.25) is 0 Å². The van der Waals surface area contributed by atoms with Gasteiger partial charge in [-0.05, 0) is 86.8 Å². The van der Waals surface area contributed by atoms with Crippen molar-refractivity contribution in [3.8, 4) is 0 Å². The predicted molar refractivity (Wildman–Crippen MR) is 121 cm³/mol. The summed E-state index contributed by atoms with van der Waals surface area (Å²) in [5.41, 5.74) is 0.567. The third-order valence-corrected chi connectivity index (χ3v) is 7.91. The summed E-state index contributed by atoms with van der Waals surface area (Å²) < 4.78 is 5.27. The minimum absolute atomic E-state index is 0.127. The van der Waals surface area contributed by atoms with Gasteiger partial charge in [-0.15, -0.1) is 0 Å². The van der Waals surface area contributed by atoms with Gasteiger partial charge < -0.3 is 10.1 Å². The number of hydrogen-bond acceptors (Lipinski definition) is 5. The van der Waals surface area contributed by atoms with E-state index in [9.17, 15) is 19.2 Å². The first-order chi connectivity index (χ1) is 15.7. The molecule has 6 rings (SSSR count). The van der Waals surface area contributed by atoms with Gasteiger partial charge in [0.25, 0.3) is 17.7 Å². The number of carbonyl (C=O) groups is 4. The van der Waals surface area contributed by atoms with Gasteiger partial charge in [0.1, 0.15) is 0 Å². The van der Waals surface area contributed by atoms with E-state index < -0.39 is 5.97 Å². The lowest BCUT2D eigenvalue weighted by Gasteiger charge is -2.56. The normalized spacial score (nSPS) is 29.5. The Labute approximate surface area is 194 Å². The molecule has 0 saturated heterocycles. The fourth-order valence-corrected chi connectivity index (χ4v) is 6.82. The molecule has 7 heteroatoms. The van der Waals surface area contributed by atoms with Gasteiger partial charge in [0, 0.05) is 12.1 Å². The molecule has 7 nitrogen and oxygen atoms in total. The molecule has 1 heterocycles. The number of nitrogens with zero attached hydrogens (tertiary/aromatic N) is 1. The van der Waals surface area contributed by atoms with E-state index in [0.29, 0.717) is 35.8 Å². The lowest BCUT2D eigenvalue weighted by atomic mass is 9.53. The Balaban J connectivity index is 1.19. The van der Waals surface area contributed by atoms with Crippen molar-refractivity contribution in [2.45, 2.75) is 64.3 Å². The zero-order chi connectivity index (χ0) is 23.3. The number of fused-ring (bicyclic) bond motifs is 1. The Morgan fingerprint density at radius 3 is 2.24 bits per heavy atom. The highest BCUT2D eigenvalue weighted by atomic mass is 16.5. The lowest BCUT2D eigenvalue weighted by molar-refractivity contribution is -0.130. The number of amides is 3. The van der Waals surface area contributed by atoms with E-state index in [-0.39, 0.29) is 41.0 Å². The van der Waals surface area contributed by atoms with Crippen LogP contribution in [0, 0.1) is 23.7 Å². The fourth-order valence-electron chi connectivity index (χ4n) is 6.82. The second-order valence-corrected chi connectivity index (χ2v) is 11.0. The molecule has 5 aliphatic rings. The summed E-state index contributed by atoms with van der Waals surface area (Å²) in [5, 5.41) is 3.19. The Bertz CT molecular complexity index is 979. The molecule has 1 aromatic rings. The first kappa shape index (κ1) is 22.1. The van der Waals surface area contributed by atoms with Crippen molar-refractivity contribution in [1.29, 1.82) is 0 Å². The summed E-state index contributed by atoms with van der Waals surface area (Å²) >= 11 is 0. The van der Waals surface area contributed by atoms with Gasteiger partial charge >= 0.3 is 5.97 Å². The number of imide groups is 1. The van der Waals surface area contributed by atoms with Gasteiger partial charge in [0.15, 0.2) is 6.61 Å². The number of esters is 1. The van der Waals surface area contributed by atoms with Crippen LogP contribution in [0.1, 0.15) is 89.9 Å². The summed E-state index contributed by atoms with van der Waals surface area (Å²) in [6, 6.07) is 4.39. The Kier molecular flexibility index (Phi) is 5.53. The number of benzene rings is 1. The number of hydrogen-bond donors (Lipinski definition) is 1. The highest BCUT2D eigenvalue weighted by Gasteiger charge is 2.51. The minimum atomic E-state index is -0.667. The lowest BCUT2D eigenvalue weighted by Crippen LogP contribution is -2.60. The first-order valence-corrected chi connectivity index (χ1v) is 12.2. The van der Waals surface area contributed by atoms with E-state index in [1.807, 2.05) is 13.8 Å². The van der Waals surface area contributed by atoms with Gasteiger partial charge in [-0.2, -0.15) is 0 Å². The Hall–Kier alpha value is -2.70. The van der Waals surface area contributed by atoms with Gasteiger partial charge in [-0.1, -0.05) is 13.8 Å². The molecule has 33 heavy (non-hydrogen) atoms. The summed E-state index contributed by atoms with van der Waals surface area (Å²) in [5.74, 6) is 0.860. The molecule has 0 spiro atoms. The van der Waals surface area contributed by atoms with Crippen LogP contribution in [-0.4, -0.2) is 47.3 Å². The van der Waals surface area contributed by atoms with Crippen LogP contribution >= 0.6 is 0 Å². The van der Waals surface area contributed by atoms with Crippen molar-refractivity contribution in [3.05, 3.63) is 34.9 Å². The minimum Gasteiger partial charge on any atom is -0.452 e. The van der Waals surface area contributed by atoms with E-state index >= 15 is 0 Å². The van der Waals surface area contributed by atoms with Crippen LogP contribution in [-0.2, 0) is 9.53 Å². The maximum atomic E-state index is 12.7. The molecule has 4 saturated carbocycles. The van der Waals surface area contributed by atoms with Crippen molar-refractivity contribution in [3.63, 3.8) is 0 Å². The molecule has 3 amide bonds. The maximum Gasteiger partial charge on any atom is 0.338 e. The average molecular weight is 453 g/mol. The van der Waals surface area contributed by atoms with Crippen LogP contribution in [0.4, 0.5) is 0 Å². The number of carbonyl (C=O) groups excluding carboxylic acids is 4. The van der Waals surface area contributed by atoms with Crippen LogP contribution < -0.4 is 5.32 Å². The third-order valence-electron chi connectivity index (χ3n) is 7.91. The standard InChI is InChI=1S/C26H32N2O5/c1-15(2)5-6-28-23(30)20-4-3-19(10-21(20)24(28)31)25(32)33-14-22(29)27-26-11-16-7-17(12-26)9-18(8-16)13-26/h3-4,10,15-18H,5-9,11-14H2,1-2H3,(H,27,29). The number of rotatable bonds is 7. The molecule has 0 atom stereocenters. The highest BCUT2D eigenvalue weighted by molar-refractivity contribution is 6.22. The van der Waals surface area contributed by atoms with Crippen LogP contribution in [0.3, 0.4) is 0 Å². The van der Waals surface area contributed by atoms with Crippen molar-refractivity contribution < 1.29 is 23.9 Å². The quantitative estimate of drug-likeness (QED) is 0.504. The zero-order valence-electron chi connectivity index (χ0n) is 19.4. The summed E-state index contributed by atoms with van der Waals surface area (Å²) in [6.07, 6.45) is 7.70. The molecule has 4 fully saturated rings. The largest absolute Gasteiger partial charge is 0.452 e. The van der Waals surface area contributed by atoms with E-state index in [0.717, 1.165) is 25.7 Å². The molecule has 0 unspecified atom stereocenters. The van der Waals surface area contributed by atoms with Gasteiger partial charge in [-0.3, -0.25) is 19.3 Å². The van der Waals surface area contributed by atoms with Crippen LogP contribution in [0.25, 0.3) is 0 Å². The van der Waals surface area contributed by atoms with E-state index in [1.165, 1.54) is 42.4 Å². The molecule has 4 bridgehead atoms. The molecule has 0 radical (unpaired) electrons. The maximum absolute atomic E-state index is 12.7. The third kappa shape index (κ3) is 4.18. The molecule has 1 aliphatic heterocycles. The van der Waals surface area contributed by atoms with E-state index in [1.54, 1.807) is 0 Å². The number of ether oxygens (including phenoxy) is 1. The van der Waals surface area contributed by atoms with E-state index in [4.69, 9.17) is 4.74 Å². The van der Waals surface area contributed by atoms with Crippen molar-refractivity contribution in [1.82, 2.24) is 10.2 Å². The summed E-state index contributed by atoms with van der Waals surface area (Å²) in [7, 11) is 0. The highest BCUT2D eigenvalue weighted by Crippen LogP contribution is 2.55. The molecule has 4 aliphatic carbocycles. The van der Waals surface area contributed by atoms with Gasteiger partial charge in [0.2, 0.25) is 0 Å².